The van der Waals surface area contributed by atoms with E-state index in [9.17, 15) is 0 Å². The Bertz CT molecular complexity index is 603. The Morgan fingerprint density at radius 3 is 2.14 bits per heavy atom. The molecule has 3 aliphatic rings. The summed E-state index contributed by atoms with van der Waals surface area (Å²) in [5.41, 5.74) is -0.999. The van der Waals surface area contributed by atoms with Crippen LogP contribution in [-0.2, 0) is 27.9 Å². The Labute approximate surface area is 216 Å². The van der Waals surface area contributed by atoms with Crippen LogP contribution in [0.4, 0.5) is 0 Å². The van der Waals surface area contributed by atoms with Crippen molar-refractivity contribution in [2.75, 3.05) is 6.61 Å². The Morgan fingerprint density at radius 1 is 0.828 bits per heavy atom. The zero-order chi connectivity index (χ0) is 21.7. The van der Waals surface area contributed by atoms with Crippen molar-refractivity contribution in [1.82, 2.24) is 0 Å². The van der Waals surface area contributed by atoms with Gasteiger partial charge in [0.15, 0.2) is 0 Å². The molecule has 3 fully saturated rings. The van der Waals surface area contributed by atoms with E-state index in [0.717, 1.165) is 25.7 Å². The van der Waals surface area contributed by atoms with E-state index in [1.54, 1.807) is 0 Å². The zero-order valence-corrected chi connectivity index (χ0v) is 24.5. The zero-order valence-electron chi connectivity index (χ0n) is 18.0. The largest absolute Gasteiger partial charge is 0.533 e. The van der Waals surface area contributed by atoms with Gasteiger partial charge in [0, 0.05) is 18.1 Å². The lowest BCUT2D eigenvalue weighted by Crippen LogP contribution is -2.52. The lowest BCUT2D eigenvalue weighted by molar-refractivity contribution is -0.0920. The van der Waals surface area contributed by atoms with Crippen LogP contribution in [-0.4, -0.2) is 50.5 Å². The lowest BCUT2D eigenvalue weighted by Gasteiger charge is -2.46. The van der Waals surface area contributed by atoms with Crippen LogP contribution in [0, 0.1) is 5.41 Å². The van der Waals surface area contributed by atoms with Crippen LogP contribution in [0.1, 0.15) is 67.2 Å². The first kappa shape index (κ1) is 25.8. The van der Waals surface area contributed by atoms with Gasteiger partial charge in [-0.15, -0.1) is 0 Å². The van der Waals surface area contributed by atoms with Crippen LogP contribution in [0.3, 0.4) is 0 Å². The quantitative estimate of drug-likeness (QED) is 0.292. The van der Waals surface area contributed by atoms with Crippen molar-refractivity contribution in [3.05, 3.63) is 0 Å². The van der Waals surface area contributed by atoms with E-state index in [1.807, 2.05) is 0 Å². The molecule has 0 aliphatic carbocycles. The minimum absolute atomic E-state index is 0.0394. The number of halogens is 3. The average molecular weight is 744 g/mol. The third-order valence-electron chi connectivity index (χ3n) is 6.69. The number of hydrogen-bond acceptors (Lipinski definition) is 6. The first-order chi connectivity index (χ1) is 13.2. The van der Waals surface area contributed by atoms with Crippen LogP contribution in [0.15, 0.2) is 0 Å². The predicted molar refractivity (Wildman–Crippen MR) is 141 cm³/mol. The van der Waals surface area contributed by atoms with Crippen molar-refractivity contribution in [2.24, 2.45) is 5.41 Å². The molecule has 0 bridgehead atoms. The molecular weight excluding hydrogens is 713 g/mol. The highest BCUT2D eigenvalue weighted by atomic mass is 127. The van der Waals surface area contributed by atoms with Gasteiger partial charge in [0.2, 0.25) is 0 Å². The van der Waals surface area contributed by atoms with Gasteiger partial charge < -0.3 is 27.9 Å². The summed E-state index contributed by atoms with van der Waals surface area (Å²) in [5.74, 6) is 0. The minimum Gasteiger partial charge on any atom is -0.402 e. The molecule has 12 heteroatoms. The van der Waals surface area contributed by atoms with Gasteiger partial charge >= 0.3 is 14.9 Å². The summed E-state index contributed by atoms with van der Waals surface area (Å²) in [6.45, 7) is 13.6. The maximum atomic E-state index is 6.27. The molecule has 29 heavy (non-hydrogen) atoms. The fourth-order valence-electron chi connectivity index (χ4n) is 4.21. The summed E-state index contributed by atoms with van der Waals surface area (Å²) in [7, 11) is 0. The molecule has 6 nitrogen and oxygen atoms in total. The van der Waals surface area contributed by atoms with Crippen molar-refractivity contribution < 1.29 is 27.9 Å². The average Bonchev–Trinajstić information content (AvgIpc) is 2.76. The van der Waals surface area contributed by atoms with E-state index in [0.29, 0.717) is 6.61 Å². The summed E-state index contributed by atoms with van der Waals surface area (Å²) in [4.78, 5) is -0.682. The fourth-order valence-corrected chi connectivity index (χ4v) is 6.97. The van der Waals surface area contributed by atoms with Crippen LogP contribution < -0.4 is 0 Å². The summed E-state index contributed by atoms with van der Waals surface area (Å²) >= 11 is 6.63. The first-order valence-corrected chi connectivity index (χ1v) is 13.9. The Kier molecular flexibility index (Phi) is 8.37. The van der Waals surface area contributed by atoms with E-state index >= 15 is 0 Å². The van der Waals surface area contributed by atoms with Crippen LogP contribution in [0.5, 0.6) is 0 Å². The SMILES string of the molecule is CC1(CCC2(C)OB(I)OC2(C)C)CC(CC2OB(I)OCC2(C)C)OB(I)O1. The second-order valence-electron chi connectivity index (χ2n) is 9.99. The molecule has 164 valence electrons. The lowest BCUT2D eigenvalue weighted by atomic mass is 9.77. The molecule has 0 spiro atoms. The van der Waals surface area contributed by atoms with Crippen molar-refractivity contribution in [2.45, 2.75) is 96.2 Å². The van der Waals surface area contributed by atoms with Crippen molar-refractivity contribution in [1.29, 1.82) is 0 Å². The van der Waals surface area contributed by atoms with E-state index in [-0.39, 0.29) is 49.4 Å². The third-order valence-corrected chi connectivity index (χ3v) is 8.40. The molecule has 3 saturated heterocycles. The third kappa shape index (κ3) is 6.18. The molecule has 0 radical (unpaired) electrons. The van der Waals surface area contributed by atoms with Crippen molar-refractivity contribution in [3.8, 4) is 0 Å². The predicted octanol–water partition coefficient (Wildman–Crippen LogP) is 5.01. The van der Waals surface area contributed by atoms with Crippen LogP contribution in [0.2, 0.25) is 0 Å². The molecule has 4 atom stereocenters. The van der Waals surface area contributed by atoms with Gasteiger partial charge in [-0.05, 0) is 53.4 Å². The molecule has 0 saturated carbocycles. The van der Waals surface area contributed by atoms with Gasteiger partial charge in [-0.3, -0.25) is 0 Å². The van der Waals surface area contributed by atoms with E-state index < -0.39 is 0 Å². The highest BCUT2D eigenvalue weighted by Gasteiger charge is 2.54. The molecule has 0 amide bonds. The van der Waals surface area contributed by atoms with Gasteiger partial charge in [0.05, 0.1) is 22.9 Å². The van der Waals surface area contributed by atoms with Gasteiger partial charge in [0.25, 0.3) is 0 Å². The molecule has 3 aliphatic heterocycles. The minimum atomic E-state index is -0.347. The van der Waals surface area contributed by atoms with Crippen LogP contribution >= 0.6 is 67.1 Å². The van der Waals surface area contributed by atoms with Gasteiger partial charge in [-0.1, -0.05) is 81.0 Å². The topological polar surface area (TPSA) is 55.4 Å². The Hall–Kier alpha value is 2.14. The summed E-state index contributed by atoms with van der Waals surface area (Å²) in [6.07, 6.45) is 3.59. The number of hydrogen-bond donors (Lipinski definition) is 0. The molecular formula is C17H30B3I3O6. The van der Waals surface area contributed by atoms with E-state index in [1.165, 1.54) is 0 Å². The molecule has 3 rings (SSSR count). The molecule has 0 aromatic heterocycles. The van der Waals surface area contributed by atoms with E-state index in [2.05, 4.69) is 109 Å². The summed E-state index contributed by atoms with van der Waals surface area (Å²) in [6, 6.07) is 0. The second-order valence-corrected chi connectivity index (χ2v) is 13.0. The normalized spacial score (nSPS) is 39.8. The summed E-state index contributed by atoms with van der Waals surface area (Å²) < 4.78 is 36.3. The molecule has 0 aromatic carbocycles. The molecule has 0 N–H and O–H groups in total. The molecule has 0 aromatic rings. The number of rotatable bonds is 5. The van der Waals surface area contributed by atoms with E-state index in [4.69, 9.17) is 27.9 Å². The molecule has 3 heterocycles. The first-order valence-electron chi connectivity index (χ1n) is 10.1. The summed E-state index contributed by atoms with van der Waals surface area (Å²) in [5, 5.41) is 0. The van der Waals surface area contributed by atoms with Gasteiger partial charge in [0.1, 0.15) is 0 Å². The Morgan fingerprint density at radius 2 is 1.52 bits per heavy atom. The van der Waals surface area contributed by atoms with Gasteiger partial charge in [-0.2, -0.15) is 0 Å². The van der Waals surface area contributed by atoms with Crippen molar-refractivity contribution in [3.63, 3.8) is 0 Å². The van der Waals surface area contributed by atoms with Gasteiger partial charge in [-0.25, -0.2) is 0 Å². The second kappa shape index (κ2) is 9.42. The maximum Gasteiger partial charge on any atom is 0.533 e. The standard InChI is InChI=1S/C17H30B3I3O6/c1-14(2)11-24-18(21)26-13(14)9-12-10-16(5,28-19(22)25-12)7-8-17(6)15(3,4)27-20(23)29-17/h12-13H,7-11H2,1-6H3. The monoisotopic (exact) mass is 744 g/mol. The highest BCUT2D eigenvalue weighted by Crippen LogP contribution is 2.45. The highest BCUT2D eigenvalue weighted by molar-refractivity contribution is 14.1. The molecule has 4 unspecified atom stereocenters. The van der Waals surface area contributed by atoms with Crippen LogP contribution in [0.25, 0.3) is 0 Å². The smallest absolute Gasteiger partial charge is 0.402 e. The maximum absolute atomic E-state index is 6.27. The van der Waals surface area contributed by atoms with Crippen molar-refractivity contribution >= 4 is 82.0 Å². The fraction of sp³-hybridized carbons (Fsp3) is 1.00. The Balaban J connectivity index is 1.64.